The molecule has 1 amide bonds. The average Bonchev–Trinajstić information content (AvgIpc) is 3.73. The number of alkyl halides is 3. The smallest absolute Gasteiger partial charge is 0.345 e. The number of benzene rings is 3. The van der Waals surface area contributed by atoms with Gasteiger partial charge >= 0.3 is 6.18 Å². The van der Waals surface area contributed by atoms with Gasteiger partial charge < -0.3 is 5.32 Å². The normalized spacial score (nSPS) is 14.9. The highest BCUT2D eigenvalue weighted by Crippen LogP contribution is 2.39. The number of carbonyl (C=O) groups excluding carboxylic acids is 1. The number of carbonyl (C=O) groups is 1. The minimum Gasteiger partial charge on any atom is -0.345 e. The number of thiophene rings is 1. The van der Waals surface area contributed by atoms with Crippen molar-refractivity contribution in [2.45, 2.75) is 38.5 Å². The van der Waals surface area contributed by atoms with E-state index in [9.17, 15) is 18.0 Å². The van der Waals surface area contributed by atoms with Crippen LogP contribution in [0.5, 0.6) is 0 Å². The number of aromatic nitrogens is 1. The molecular formula is C32H28F3N3OS2. The summed E-state index contributed by atoms with van der Waals surface area (Å²) in [6, 6.07) is 22.8. The Morgan fingerprint density at radius 3 is 2.49 bits per heavy atom. The van der Waals surface area contributed by atoms with Crippen LogP contribution in [0.2, 0.25) is 0 Å². The minimum atomic E-state index is -4.75. The van der Waals surface area contributed by atoms with Crippen molar-refractivity contribution < 1.29 is 18.0 Å². The van der Waals surface area contributed by atoms with Gasteiger partial charge in [0.15, 0.2) is 5.69 Å². The maximum absolute atomic E-state index is 14.0. The van der Waals surface area contributed by atoms with Crippen molar-refractivity contribution in [1.29, 1.82) is 0 Å². The van der Waals surface area contributed by atoms with E-state index in [0.29, 0.717) is 5.56 Å². The highest BCUT2D eigenvalue weighted by atomic mass is 32.1. The van der Waals surface area contributed by atoms with Crippen molar-refractivity contribution in [3.8, 4) is 21.7 Å². The Bertz CT molecular complexity index is 1680. The summed E-state index contributed by atoms with van der Waals surface area (Å²) >= 11 is 2.42. The molecule has 1 aliphatic rings. The Balaban J connectivity index is 1.23. The number of hydrogen-bond acceptors (Lipinski definition) is 5. The van der Waals surface area contributed by atoms with Gasteiger partial charge in [0.2, 0.25) is 0 Å². The summed E-state index contributed by atoms with van der Waals surface area (Å²) in [5.41, 5.74) is 3.40. The van der Waals surface area contributed by atoms with Gasteiger partial charge in [0.05, 0.1) is 6.04 Å². The Morgan fingerprint density at radius 2 is 1.73 bits per heavy atom. The molecule has 0 saturated carbocycles. The van der Waals surface area contributed by atoms with Gasteiger partial charge in [0.25, 0.3) is 5.91 Å². The SMILES string of the molecule is CC(NC(=O)c1sc(-c2ccc(-c3csc4ccccc34)cc2)nc1C(F)(F)F)c1cccc(CN2CCCC2)c1. The number of thiazole rings is 1. The van der Waals surface area contributed by atoms with Crippen LogP contribution in [0.3, 0.4) is 0 Å². The standard InChI is InChI=1S/C32H28F3N3OS2/c1-20(24-8-6-7-21(17-24)18-38-15-4-5-16-38)36-30(39)28-29(32(33,34)35)37-31(41-28)23-13-11-22(12-14-23)26-19-40-27-10-3-2-9-25(26)27/h2-3,6-14,17,19-20H,4-5,15-16,18H2,1H3,(H,36,39). The minimum absolute atomic E-state index is 0.157. The fourth-order valence-electron chi connectivity index (χ4n) is 5.29. The molecule has 0 spiro atoms. The van der Waals surface area contributed by atoms with E-state index in [4.69, 9.17) is 0 Å². The molecule has 5 aromatic rings. The summed E-state index contributed by atoms with van der Waals surface area (Å²) in [6.07, 6.45) is -2.36. The predicted molar refractivity (Wildman–Crippen MR) is 160 cm³/mol. The first-order chi connectivity index (χ1) is 19.8. The second-order valence-electron chi connectivity index (χ2n) is 10.3. The first-order valence-corrected chi connectivity index (χ1v) is 15.2. The van der Waals surface area contributed by atoms with Gasteiger partial charge in [-0.3, -0.25) is 9.69 Å². The lowest BCUT2D eigenvalue weighted by Gasteiger charge is -2.18. The van der Waals surface area contributed by atoms with Crippen molar-refractivity contribution in [2.24, 2.45) is 0 Å². The zero-order valence-electron chi connectivity index (χ0n) is 22.4. The number of rotatable bonds is 7. The highest BCUT2D eigenvalue weighted by molar-refractivity contribution is 7.18. The van der Waals surface area contributed by atoms with E-state index in [1.54, 1.807) is 30.4 Å². The van der Waals surface area contributed by atoms with Gasteiger partial charge in [-0.25, -0.2) is 4.98 Å². The number of fused-ring (bicyclic) bond motifs is 1. The fraction of sp³-hybridized carbons (Fsp3) is 0.250. The molecule has 1 fully saturated rings. The lowest BCUT2D eigenvalue weighted by molar-refractivity contribution is -0.141. The molecule has 0 aliphatic carbocycles. The molecule has 1 aliphatic heterocycles. The second kappa shape index (κ2) is 11.4. The zero-order chi connectivity index (χ0) is 28.6. The Hall–Kier alpha value is -3.53. The number of nitrogens with zero attached hydrogens (tertiary/aromatic N) is 2. The van der Waals surface area contributed by atoms with Crippen LogP contribution in [-0.4, -0.2) is 28.9 Å². The second-order valence-corrected chi connectivity index (χ2v) is 12.3. The molecule has 0 radical (unpaired) electrons. The van der Waals surface area contributed by atoms with E-state index in [2.05, 4.69) is 32.7 Å². The van der Waals surface area contributed by atoms with Crippen LogP contribution in [-0.2, 0) is 12.7 Å². The quantitative estimate of drug-likeness (QED) is 0.206. The van der Waals surface area contributed by atoms with Gasteiger partial charge in [-0.2, -0.15) is 13.2 Å². The average molecular weight is 592 g/mol. The molecule has 2 aromatic heterocycles. The molecule has 9 heteroatoms. The summed E-state index contributed by atoms with van der Waals surface area (Å²) in [7, 11) is 0. The van der Waals surface area contributed by atoms with E-state index >= 15 is 0 Å². The van der Waals surface area contributed by atoms with Gasteiger partial charge in [0, 0.05) is 27.8 Å². The molecule has 3 heterocycles. The van der Waals surface area contributed by atoms with Crippen LogP contribution in [0.4, 0.5) is 13.2 Å². The molecule has 210 valence electrons. The van der Waals surface area contributed by atoms with Crippen LogP contribution in [0.1, 0.15) is 52.3 Å². The van der Waals surface area contributed by atoms with Crippen LogP contribution in [0, 0.1) is 0 Å². The van der Waals surface area contributed by atoms with Crippen molar-refractivity contribution in [2.75, 3.05) is 13.1 Å². The monoisotopic (exact) mass is 591 g/mol. The van der Waals surface area contributed by atoms with Gasteiger partial charge in [0.1, 0.15) is 9.88 Å². The predicted octanol–water partition coefficient (Wildman–Crippen LogP) is 8.80. The maximum Gasteiger partial charge on any atom is 0.435 e. The number of likely N-dealkylation sites (tertiary alicyclic amines) is 1. The Labute approximate surface area is 244 Å². The van der Waals surface area contributed by atoms with Gasteiger partial charge in [-0.15, -0.1) is 22.7 Å². The lowest BCUT2D eigenvalue weighted by atomic mass is 10.0. The number of halogens is 3. The summed E-state index contributed by atoms with van der Waals surface area (Å²) in [5.74, 6) is -0.778. The first kappa shape index (κ1) is 27.6. The van der Waals surface area contributed by atoms with Crippen LogP contribution < -0.4 is 5.32 Å². The molecule has 41 heavy (non-hydrogen) atoms. The molecular weight excluding hydrogens is 564 g/mol. The largest absolute Gasteiger partial charge is 0.435 e. The van der Waals surface area contributed by atoms with E-state index in [0.717, 1.165) is 58.6 Å². The summed E-state index contributed by atoms with van der Waals surface area (Å²) in [6.45, 7) is 4.75. The third-order valence-electron chi connectivity index (χ3n) is 7.43. The zero-order valence-corrected chi connectivity index (χ0v) is 24.0. The molecule has 1 saturated heterocycles. The van der Waals surface area contributed by atoms with E-state index in [1.807, 2.05) is 48.5 Å². The Morgan fingerprint density at radius 1 is 1.00 bits per heavy atom. The Kier molecular flexibility index (Phi) is 7.68. The van der Waals surface area contributed by atoms with Crippen molar-refractivity contribution in [3.63, 3.8) is 0 Å². The van der Waals surface area contributed by atoms with Crippen molar-refractivity contribution >= 4 is 38.7 Å². The number of hydrogen-bond donors (Lipinski definition) is 1. The summed E-state index contributed by atoms with van der Waals surface area (Å²) < 4.78 is 43.2. The molecule has 3 aromatic carbocycles. The summed E-state index contributed by atoms with van der Waals surface area (Å²) in [5, 5.41) is 6.14. The van der Waals surface area contributed by atoms with Crippen molar-refractivity contribution in [1.82, 2.24) is 15.2 Å². The molecule has 1 N–H and O–H groups in total. The van der Waals surface area contributed by atoms with E-state index in [-0.39, 0.29) is 5.01 Å². The first-order valence-electron chi connectivity index (χ1n) is 13.5. The third kappa shape index (κ3) is 5.93. The molecule has 1 atom stereocenters. The van der Waals surface area contributed by atoms with Crippen molar-refractivity contribution in [3.05, 3.63) is 99.9 Å². The molecule has 6 rings (SSSR count). The summed E-state index contributed by atoms with van der Waals surface area (Å²) in [4.78, 5) is 19.0. The van der Waals surface area contributed by atoms with Gasteiger partial charge in [-0.1, -0.05) is 66.7 Å². The number of amides is 1. The van der Waals surface area contributed by atoms with Crippen LogP contribution in [0.15, 0.2) is 78.2 Å². The van der Waals surface area contributed by atoms with E-state index in [1.165, 1.54) is 17.5 Å². The highest BCUT2D eigenvalue weighted by Gasteiger charge is 2.40. The maximum atomic E-state index is 14.0. The van der Waals surface area contributed by atoms with E-state index < -0.39 is 28.7 Å². The third-order valence-corrected chi connectivity index (χ3v) is 9.50. The topological polar surface area (TPSA) is 45.2 Å². The fourth-order valence-corrected chi connectivity index (χ4v) is 7.25. The van der Waals surface area contributed by atoms with Crippen LogP contribution in [0.25, 0.3) is 31.8 Å². The lowest BCUT2D eigenvalue weighted by Crippen LogP contribution is -2.28. The molecule has 1 unspecified atom stereocenters. The van der Waals surface area contributed by atoms with Crippen LogP contribution >= 0.6 is 22.7 Å². The number of nitrogens with one attached hydrogen (secondary N) is 1. The van der Waals surface area contributed by atoms with Gasteiger partial charge in [-0.05, 0) is 61.0 Å². The molecule has 4 nitrogen and oxygen atoms in total. The molecule has 0 bridgehead atoms.